The lowest BCUT2D eigenvalue weighted by Crippen LogP contribution is -2.55. The maximum atomic E-state index is 12.4. The number of hydrogen-bond donors (Lipinski definition) is 2. The molecule has 2 atom stereocenters. The molecule has 0 saturated carbocycles. The van der Waals surface area contributed by atoms with Crippen LogP contribution in [0.4, 0.5) is 0 Å². The SMILES string of the molecule is Cc1nc(CC(=O)N[C@@H]2CCN(C(=O)c3ccccc3)C[C@H]2O)cs1. The zero-order valence-electron chi connectivity index (χ0n) is 14.0. The molecule has 1 aliphatic rings. The fourth-order valence-electron chi connectivity index (χ4n) is 2.96. The van der Waals surface area contributed by atoms with Crippen molar-refractivity contribution in [1.82, 2.24) is 15.2 Å². The van der Waals surface area contributed by atoms with Crippen LogP contribution in [0.15, 0.2) is 35.7 Å². The summed E-state index contributed by atoms with van der Waals surface area (Å²) in [5.74, 6) is -0.250. The number of thiazole rings is 1. The molecule has 0 spiro atoms. The van der Waals surface area contributed by atoms with Gasteiger partial charge in [-0.05, 0) is 25.5 Å². The summed E-state index contributed by atoms with van der Waals surface area (Å²) < 4.78 is 0. The van der Waals surface area contributed by atoms with Crippen molar-refractivity contribution in [3.63, 3.8) is 0 Å². The number of piperidine rings is 1. The fourth-order valence-corrected chi connectivity index (χ4v) is 3.57. The van der Waals surface area contributed by atoms with Crippen molar-refractivity contribution >= 4 is 23.2 Å². The Labute approximate surface area is 150 Å². The van der Waals surface area contributed by atoms with E-state index in [1.807, 2.05) is 30.5 Å². The number of benzene rings is 1. The molecule has 3 rings (SSSR count). The molecule has 6 nitrogen and oxygen atoms in total. The highest BCUT2D eigenvalue weighted by atomic mass is 32.1. The third-order valence-electron chi connectivity index (χ3n) is 4.24. The quantitative estimate of drug-likeness (QED) is 0.864. The maximum absolute atomic E-state index is 12.4. The molecule has 1 fully saturated rings. The lowest BCUT2D eigenvalue weighted by molar-refractivity contribution is -0.122. The molecule has 0 radical (unpaired) electrons. The molecule has 2 N–H and O–H groups in total. The van der Waals surface area contributed by atoms with Gasteiger partial charge in [-0.3, -0.25) is 9.59 Å². The molecule has 1 aromatic carbocycles. The summed E-state index contributed by atoms with van der Waals surface area (Å²) in [6.07, 6.45) is -0.0375. The van der Waals surface area contributed by atoms with E-state index in [1.165, 1.54) is 11.3 Å². The Hall–Kier alpha value is -2.25. The van der Waals surface area contributed by atoms with E-state index in [-0.39, 0.29) is 30.8 Å². The number of hydrogen-bond acceptors (Lipinski definition) is 5. The van der Waals surface area contributed by atoms with Crippen molar-refractivity contribution in [2.24, 2.45) is 0 Å². The minimum Gasteiger partial charge on any atom is -0.389 e. The van der Waals surface area contributed by atoms with Crippen molar-refractivity contribution in [3.8, 4) is 0 Å². The third-order valence-corrected chi connectivity index (χ3v) is 5.07. The van der Waals surface area contributed by atoms with Gasteiger partial charge in [-0.25, -0.2) is 4.98 Å². The van der Waals surface area contributed by atoms with Gasteiger partial charge in [-0.15, -0.1) is 11.3 Å². The first-order chi connectivity index (χ1) is 12.0. The number of carbonyl (C=O) groups excluding carboxylic acids is 2. The number of likely N-dealkylation sites (tertiary alicyclic amines) is 1. The summed E-state index contributed by atoms with van der Waals surface area (Å²) in [6.45, 7) is 2.62. The summed E-state index contributed by atoms with van der Waals surface area (Å²) in [7, 11) is 0. The van der Waals surface area contributed by atoms with Crippen LogP contribution in [0.5, 0.6) is 0 Å². The highest BCUT2D eigenvalue weighted by Gasteiger charge is 2.31. The van der Waals surface area contributed by atoms with E-state index < -0.39 is 6.10 Å². The zero-order chi connectivity index (χ0) is 17.8. The van der Waals surface area contributed by atoms with Crippen LogP contribution < -0.4 is 5.32 Å². The number of amides is 2. The summed E-state index contributed by atoms with van der Waals surface area (Å²) in [5, 5.41) is 16.0. The Morgan fingerprint density at radius 2 is 2.12 bits per heavy atom. The lowest BCUT2D eigenvalue weighted by atomic mass is 10.0. The van der Waals surface area contributed by atoms with Gasteiger partial charge in [0.05, 0.1) is 29.3 Å². The Morgan fingerprint density at radius 3 is 2.76 bits per heavy atom. The molecule has 0 aliphatic carbocycles. The summed E-state index contributed by atoms with van der Waals surface area (Å²) in [6, 6.07) is 8.67. The van der Waals surface area contributed by atoms with Gasteiger partial charge in [0.25, 0.3) is 5.91 Å². The monoisotopic (exact) mass is 359 g/mol. The number of β-amino-alcohol motifs (C(OH)–C–C–N with tert-alkyl or cyclic N) is 1. The van der Waals surface area contributed by atoms with Crippen molar-refractivity contribution in [2.45, 2.75) is 31.9 Å². The van der Waals surface area contributed by atoms with E-state index >= 15 is 0 Å². The van der Waals surface area contributed by atoms with Gasteiger partial charge in [-0.2, -0.15) is 0 Å². The van der Waals surface area contributed by atoms with Crippen molar-refractivity contribution < 1.29 is 14.7 Å². The average Bonchev–Trinajstić information content (AvgIpc) is 3.01. The highest BCUT2D eigenvalue weighted by molar-refractivity contribution is 7.09. The fraction of sp³-hybridized carbons (Fsp3) is 0.389. The van der Waals surface area contributed by atoms with E-state index in [0.717, 1.165) is 10.7 Å². The van der Waals surface area contributed by atoms with Gasteiger partial charge >= 0.3 is 0 Å². The molecule has 132 valence electrons. The van der Waals surface area contributed by atoms with Crippen LogP contribution in [0.2, 0.25) is 0 Å². The summed E-state index contributed by atoms with van der Waals surface area (Å²) in [5.41, 5.74) is 1.35. The number of aliphatic hydroxyl groups is 1. The van der Waals surface area contributed by atoms with Gasteiger partial charge in [0.1, 0.15) is 0 Å². The number of nitrogens with one attached hydrogen (secondary N) is 1. The van der Waals surface area contributed by atoms with Crippen LogP contribution in [0.3, 0.4) is 0 Å². The number of rotatable bonds is 4. The minimum atomic E-state index is -0.775. The Bertz CT molecular complexity index is 747. The van der Waals surface area contributed by atoms with E-state index in [2.05, 4.69) is 10.3 Å². The maximum Gasteiger partial charge on any atom is 0.253 e. The van der Waals surface area contributed by atoms with E-state index in [0.29, 0.717) is 18.5 Å². The molecule has 1 aliphatic heterocycles. The second kappa shape index (κ2) is 7.76. The molecule has 1 aromatic heterocycles. The highest BCUT2D eigenvalue weighted by Crippen LogP contribution is 2.15. The normalized spacial score (nSPS) is 20.3. The number of nitrogens with zero attached hydrogens (tertiary/aromatic N) is 2. The van der Waals surface area contributed by atoms with E-state index in [9.17, 15) is 14.7 Å². The molecule has 0 bridgehead atoms. The Morgan fingerprint density at radius 1 is 1.36 bits per heavy atom. The first-order valence-corrected chi connectivity index (χ1v) is 9.13. The number of aromatic nitrogens is 1. The molecule has 2 aromatic rings. The van der Waals surface area contributed by atoms with Gasteiger partial charge < -0.3 is 15.3 Å². The van der Waals surface area contributed by atoms with E-state index in [1.54, 1.807) is 17.0 Å². The average molecular weight is 359 g/mol. The van der Waals surface area contributed by atoms with E-state index in [4.69, 9.17) is 0 Å². The minimum absolute atomic E-state index is 0.0950. The predicted octanol–water partition coefficient (Wildman–Crippen LogP) is 1.39. The van der Waals surface area contributed by atoms with Crippen LogP contribution in [0.1, 0.15) is 27.5 Å². The van der Waals surface area contributed by atoms with Crippen LogP contribution in [0, 0.1) is 6.92 Å². The topological polar surface area (TPSA) is 82.5 Å². The van der Waals surface area contributed by atoms with Crippen molar-refractivity contribution in [1.29, 1.82) is 0 Å². The summed E-state index contributed by atoms with van der Waals surface area (Å²) in [4.78, 5) is 30.5. The van der Waals surface area contributed by atoms with Gasteiger partial charge in [0.2, 0.25) is 5.91 Å². The molecule has 1 saturated heterocycles. The molecule has 7 heteroatoms. The second-order valence-corrected chi connectivity index (χ2v) is 7.24. The van der Waals surface area contributed by atoms with Gasteiger partial charge in [0.15, 0.2) is 0 Å². The van der Waals surface area contributed by atoms with Gasteiger partial charge in [0, 0.05) is 24.0 Å². The van der Waals surface area contributed by atoms with Crippen LogP contribution in [0.25, 0.3) is 0 Å². The molecule has 2 amide bonds. The number of aryl methyl sites for hydroxylation is 1. The summed E-state index contributed by atoms with van der Waals surface area (Å²) >= 11 is 1.51. The molecular weight excluding hydrogens is 338 g/mol. The Kier molecular flexibility index (Phi) is 5.45. The second-order valence-electron chi connectivity index (χ2n) is 6.18. The van der Waals surface area contributed by atoms with Crippen LogP contribution in [-0.4, -0.2) is 52.0 Å². The van der Waals surface area contributed by atoms with Crippen molar-refractivity contribution in [2.75, 3.05) is 13.1 Å². The third kappa shape index (κ3) is 4.43. The molecule has 0 unspecified atom stereocenters. The first kappa shape index (κ1) is 17.6. The van der Waals surface area contributed by atoms with Gasteiger partial charge in [-0.1, -0.05) is 18.2 Å². The first-order valence-electron chi connectivity index (χ1n) is 8.25. The predicted molar refractivity (Wildman–Crippen MR) is 95.5 cm³/mol. The number of carbonyl (C=O) groups is 2. The number of aliphatic hydroxyl groups excluding tert-OH is 1. The zero-order valence-corrected chi connectivity index (χ0v) is 14.8. The van der Waals surface area contributed by atoms with Crippen LogP contribution in [-0.2, 0) is 11.2 Å². The molecule has 25 heavy (non-hydrogen) atoms. The lowest BCUT2D eigenvalue weighted by Gasteiger charge is -2.36. The van der Waals surface area contributed by atoms with Crippen LogP contribution >= 0.6 is 11.3 Å². The van der Waals surface area contributed by atoms with Crippen molar-refractivity contribution in [3.05, 3.63) is 52.0 Å². The smallest absolute Gasteiger partial charge is 0.253 e. The molecule has 2 heterocycles. The standard InChI is InChI=1S/C18H21N3O3S/c1-12-19-14(11-25-12)9-17(23)20-15-7-8-21(10-16(15)22)18(24)13-5-3-2-4-6-13/h2-6,11,15-16,22H,7-10H2,1H3,(H,20,23)/t15-,16-/m1/s1. The molecular formula is C18H21N3O3S. The Balaban J connectivity index is 1.53. The largest absolute Gasteiger partial charge is 0.389 e.